The van der Waals surface area contributed by atoms with Crippen LogP contribution in [0.15, 0.2) is 0 Å². The predicted molar refractivity (Wildman–Crippen MR) is 29.6 cm³/mol. The molecule has 1 unspecified atom stereocenters. The molecule has 0 spiro atoms. The second-order valence-corrected chi connectivity index (χ2v) is 4.93. The second kappa shape index (κ2) is 3.19. The minimum atomic E-state index is -4.67. The molecular formula is C2H2BrF4O2P. The molecule has 0 aromatic heterocycles. The standard InChI is InChI=1S/C2H2BrF4O2P/c3-10(7,8)9-1-2(4,5)6/h1H2. The van der Waals surface area contributed by atoms with Crippen molar-refractivity contribution < 1.29 is 26.5 Å². The van der Waals surface area contributed by atoms with Gasteiger partial charge in [0.05, 0.1) is 15.5 Å². The van der Waals surface area contributed by atoms with Crippen LogP contribution >= 0.6 is 21.9 Å². The number of alkyl halides is 3. The summed E-state index contributed by atoms with van der Waals surface area (Å²) in [4.78, 5) is 0. The number of hydrogen-bond donors (Lipinski definition) is 0. The first-order chi connectivity index (χ1) is 4.21. The van der Waals surface area contributed by atoms with E-state index in [-0.39, 0.29) is 0 Å². The molecule has 0 amide bonds. The topological polar surface area (TPSA) is 26.3 Å². The zero-order valence-corrected chi connectivity index (χ0v) is 6.84. The highest BCUT2D eigenvalue weighted by atomic mass is 79.9. The fourth-order valence-corrected chi connectivity index (χ4v) is 0.752. The van der Waals surface area contributed by atoms with Crippen molar-refractivity contribution in [2.75, 3.05) is 6.61 Å². The predicted octanol–water partition coefficient (Wildman–Crippen LogP) is 3.04. The molecule has 0 aliphatic rings. The molecule has 2 nitrogen and oxygen atoms in total. The Morgan fingerprint density at radius 3 is 2.00 bits per heavy atom. The number of hydrogen-bond acceptors (Lipinski definition) is 2. The minimum Gasteiger partial charge on any atom is -0.288 e. The molecule has 0 aromatic rings. The average Bonchev–Trinajstić information content (AvgIpc) is 1.57. The summed E-state index contributed by atoms with van der Waals surface area (Å²) < 4.78 is 58.2. The Kier molecular flexibility index (Phi) is 3.32. The first-order valence-electron chi connectivity index (χ1n) is 1.91. The van der Waals surface area contributed by atoms with E-state index in [1.165, 1.54) is 0 Å². The molecule has 0 aromatic carbocycles. The molecule has 0 aliphatic heterocycles. The Morgan fingerprint density at radius 1 is 1.50 bits per heavy atom. The van der Waals surface area contributed by atoms with Crippen LogP contribution in [-0.2, 0) is 9.09 Å². The fourth-order valence-electron chi connectivity index (χ4n) is 0.148. The average molecular weight is 245 g/mol. The highest BCUT2D eigenvalue weighted by molar-refractivity contribution is 9.39. The van der Waals surface area contributed by atoms with Gasteiger partial charge in [-0.2, -0.15) is 13.2 Å². The Bertz CT molecular complexity index is 150. The van der Waals surface area contributed by atoms with Crippen molar-refractivity contribution in [3.05, 3.63) is 0 Å². The maximum Gasteiger partial charge on any atom is 0.432 e. The molecule has 0 rings (SSSR count). The summed E-state index contributed by atoms with van der Waals surface area (Å²) in [6.45, 7) is -1.86. The van der Waals surface area contributed by atoms with Crippen LogP contribution in [0.5, 0.6) is 0 Å². The van der Waals surface area contributed by atoms with Crippen molar-refractivity contribution >= 4 is 21.9 Å². The maximum atomic E-state index is 11.7. The summed E-state index contributed by atoms with van der Waals surface area (Å²) in [6, 6.07) is 0. The van der Waals surface area contributed by atoms with Gasteiger partial charge < -0.3 is 0 Å². The third kappa shape index (κ3) is 8.39. The first kappa shape index (κ1) is 10.4. The summed E-state index contributed by atoms with van der Waals surface area (Å²) >= 11 is 1.80. The summed E-state index contributed by atoms with van der Waals surface area (Å²) in [7, 11) is 0. The highest BCUT2D eigenvalue weighted by Gasteiger charge is 2.32. The molecule has 0 saturated carbocycles. The quantitative estimate of drug-likeness (QED) is 0.552. The lowest BCUT2D eigenvalue weighted by Crippen LogP contribution is -2.14. The molecule has 0 heterocycles. The van der Waals surface area contributed by atoms with Crippen LogP contribution in [0.4, 0.5) is 17.4 Å². The van der Waals surface area contributed by atoms with E-state index in [1.807, 2.05) is 0 Å². The van der Waals surface area contributed by atoms with Crippen LogP contribution in [0.3, 0.4) is 0 Å². The van der Waals surface area contributed by atoms with Gasteiger partial charge in [-0.15, -0.1) is 4.20 Å². The molecule has 0 fully saturated rings. The molecule has 62 valence electrons. The van der Waals surface area contributed by atoms with E-state index in [2.05, 4.69) is 4.52 Å². The van der Waals surface area contributed by atoms with Crippen LogP contribution in [-0.4, -0.2) is 12.8 Å². The normalized spacial score (nSPS) is 18.5. The van der Waals surface area contributed by atoms with Gasteiger partial charge in [0.15, 0.2) is 6.61 Å². The van der Waals surface area contributed by atoms with Crippen LogP contribution in [0.1, 0.15) is 0 Å². The SMILES string of the molecule is O=P(F)(Br)OCC(F)(F)F. The molecule has 8 heteroatoms. The van der Waals surface area contributed by atoms with E-state index in [0.717, 1.165) is 0 Å². The van der Waals surface area contributed by atoms with Crippen molar-refractivity contribution in [1.82, 2.24) is 0 Å². The van der Waals surface area contributed by atoms with Crippen molar-refractivity contribution in [2.45, 2.75) is 6.18 Å². The van der Waals surface area contributed by atoms with E-state index in [4.69, 9.17) is 0 Å². The molecule has 0 aliphatic carbocycles. The summed E-state index contributed by atoms with van der Waals surface area (Å²) in [5.74, 6) is 0. The third-order valence-corrected chi connectivity index (χ3v) is 1.42. The summed E-state index contributed by atoms with van der Waals surface area (Å²) in [5, 5.41) is 0. The number of rotatable bonds is 2. The minimum absolute atomic E-state index is 1.80. The van der Waals surface area contributed by atoms with E-state index in [0.29, 0.717) is 0 Å². The summed E-state index contributed by atoms with van der Waals surface area (Å²) in [6.07, 6.45) is -9.33. The molecule has 10 heavy (non-hydrogen) atoms. The molecule has 0 saturated heterocycles. The van der Waals surface area contributed by atoms with Crippen LogP contribution in [0.2, 0.25) is 0 Å². The molecule has 0 N–H and O–H groups in total. The lowest BCUT2D eigenvalue weighted by molar-refractivity contribution is -0.153. The fraction of sp³-hybridized carbons (Fsp3) is 1.00. The largest absolute Gasteiger partial charge is 0.432 e. The Balaban J connectivity index is 3.67. The van der Waals surface area contributed by atoms with E-state index in [9.17, 15) is 21.9 Å². The second-order valence-electron chi connectivity index (χ2n) is 1.30. The lowest BCUT2D eigenvalue weighted by Gasteiger charge is -2.05. The van der Waals surface area contributed by atoms with Crippen molar-refractivity contribution in [3.8, 4) is 0 Å². The third-order valence-electron chi connectivity index (χ3n) is 0.379. The van der Waals surface area contributed by atoms with Gasteiger partial charge in [0.2, 0.25) is 0 Å². The Hall–Kier alpha value is 0.390. The van der Waals surface area contributed by atoms with Crippen molar-refractivity contribution in [3.63, 3.8) is 0 Å². The van der Waals surface area contributed by atoms with Gasteiger partial charge in [0.25, 0.3) is 0 Å². The Labute approximate surface area is 61.9 Å². The summed E-state index contributed by atoms with van der Waals surface area (Å²) in [5.41, 5.74) is 0. The number of halogens is 5. The molecular weight excluding hydrogens is 243 g/mol. The van der Waals surface area contributed by atoms with Crippen molar-refractivity contribution in [2.24, 2.45) is 0 Å². The van der Waals surface area contributed by atoms with Crippen molar-refractivity contribution in [1.29, 1.82) is 0 Å². The van der Waals surface area contributed by atoms with Gasteiger partial charge in [-0.3, -0.25) is 4.52 Å². The van der Waals surface area contributed by atoms with Gasteiger partial charge >= 0.3 is 12.6 Å². The van der Waals surface area contributed by atoms with E-state index in [1.54, 1.807) is 15.5 Å². The molecule has 0 bridgehead atoms. The van der Waals surface area contributed by atoms with Gasteiger partial charge in [0, 0.05) is 0 Å². The molecule has 1 atom stereocenters. The maximum absolute atomic E-state index is 11.7. The van der Waals surface area contributed by atoms with E-state index < -0.39 is 19.2 Å². The van der Waals surface area contributed by atoms with Crippen LogP contribution < -0.4 is 0 Å². The highest BCUT2D eigenvalue weighted by Crippen LogP contribution is 2.57. The van der Waals surface area contributed by atoms with Gasteiger partial charge in [0.1, 0.15) is 0 Å². The zero-order chi connectivity index (χ0) is 8.41. The van der Waals surface area contributed by atoms with Crippen LogP contribution in [0.25, 0.3) is 0 Å². The van der Waals surface area contributed by atoms with Crippen LogP contribution in [0, 0.1) is 0 Å². The lowest BCUT2D eigenvalue weighted by atomic mass is 10.7. The van der Waals surface area contributed by atoms with Gasteiger partial charge in [-0.05, 0) is 0 Å². The smallest absolute Gasteiger partial charge is 0.288 e. The van der Waals surface area contributed by atoms with Gasteiger partial charge in [-0.1, -0.05) is 0 Å². The zero-order valence-electron chi connectivity index (χ0n) is 4.36. The first-order valence-corrected chi connectivity index (χ1v) is 5.45. The molecule has 0 radical (unpaired) electrons. The van der Waals surface area contributed by atoms with Gasteiger partial charge in [-0.25, -0.2) is 4.57 Å². The van der Waals surface area contributed by atoms with E-state index >= 15 is 0 Å². The monoisotopic (exact) mass is 244 g/mol. The Morgan fingerprint density at radius 2 is 1.90 bits per heavy atom.